The average Bonchev–Trinajstić information content (AvgIpc) is 3.44. The molecule has 0 unspecified atom stereocenters. The van der Waals surface area contributed by atoms with E-state index in [4.69, 9.17) is 13.9 Å². The maximum atomic E-state index is 12.4. The first-order valence-electron chi connectivity index (χ1n) is 14.4. The molecule has 0 bridgehead atoms. The number of furan rings is 1. The largest absolute Gasteiger partial charge is 0.472 e. The van der Waals surface area contributed by atoms with Crippen LogP contribution in [0.2, 0.25) is 0 Å². The lowest BCUT2D eigenvalue weighted by molar-refractivity contribution is -0.207. The molecule has 1 aromatic heterocycles. The van der Waals surface area contributed by atoms with Gasteiger partial charge in [0.1, 0.15) is 0 Å². The Bertz CT molecular complexity index is 826. The van der Waals surface area contributed by atoms with Gasteiger partial charge in [0.25, 0.3) is 0 Å². The molecule has 4 aliphatic carbocycles. The van der Waals surface area contributed by atoms with Crippen molar-refractivity contribution in [2.24, 2.45) is 28.6 Å². The summed E-state index contributed by atoms with van der Waals surface area (Å²) in [6.07, 6.45) is 15.6. The van der Waals surface area contributed by atoms with E-state index >= 15 is 0 Å². The van der Waals surface area contributed by atoms with Gasteiger partial charge in [0.05, 0.1) is 37.4 Å². The summed E-state index contributed by atoms with van der Waals surface area (Å²) in [5.41, 5.74) is 1.06. The maximum Gasteiger partial charge on any atom is 0.0937 e. The molecule has 35 heavy (non-hydrogen) atoms. The molecule has 4 fully saturated rings. The van der Waals surface area contributed by atoms with Crippen molar-refractivity contribution >= 4 is 0 Å². The Kier molecular flexibility index (Phi) is 7.44. The van der Waals surface area contributed by atoms with Crippen LogP contribution >= 0.6 is 0 Å². The molecular formula is C30H49NO4. The molecule has 4 aliphatic rings. The Hall–Kier alpha value is -0.880. The highest BCUT2D eigenvalue weighted by atomic mass is 16.5. The fourth-order valence-electron chi connectivity index (χ4n) is 9.20. The van der Waals surface area contributed by atoms with Crippen LogP contribution in [0.5, 0.6) is 0 Å². The fraction of sp³-hybridized carbons (Fsp3) is 0.867. The minimum Gasteiger partial charge on any atom is -0.472 e. The minimum absolute atomic E-state index is 0.0336. The Morgan fingerprint density at radius 1 is 1.00 bits per heavy atom. The molecule has 0 aromatic carbocycles. The number of nitrogens with zero attached hydrogens (tertiary/aromatic N) is 1. The van der Waals surface area contributed by atoms with E-state index < -0.39 is 5.60 Å². The van der Waals surface area contributed by atoms with Crippen molar-refractivity contribution in [1.29, 1.82) is 0 Å². The van der Waals surface area contributed by atoms with Crippen LogP contribution in [0, 0.1) is 28.6 Å². The van der Waals surface area contributed by atoms with Crippen molar-refractivity contribution in [2.45, 2.75) is 95.7 Å². The predicted molar refractivity (Wildman–Crippen MR) is 138 cm³/mol. The van der Waals surface area contributed by atoms with Gasteiger partial charge in [-0.15, -0.1) is 0 Å². The Balaban J connectivity index is 1.17. The van der Waals surface area contributed by atoms with E-state index in [0.717, 1.165) is 57.8 Å². The first kappa shape index (κ1) is 25.8. The Labute approximate surface area is 212 Å². The third-order valence-electron chi connectivity index (χ3n) is 11.2. The minimum atomic E-state index is -0.539. The summed E-state index contributed by atoms with van der Waals surface area (Å²) >= 11 is 0. The molecule has 5 rings (SSSR count). The molecule has 5 heteroatoms. The van der Waals surface area contributed by atoms with Gasteiger partial charge in [-0.3, -0.25) is 0 Å². The van der Waals surface area contributed by atoms with Crippen molar-refractivity contribution in [3.8, 4) is 0 Å². The summed E-state index contributed by atoms with van der Waals surface area (Å²) in [6.45, 7) is 8.27. The van der Waals surface area contributed by atoms with Gasteiger partial charge in [0.15, 0.2) is 0 Å². The molecular weight excluding hydrogens is 438 g/mol. The number of rotatable bonds is 9. The third-order valence-corrected chi connectivity index (χ3v) is 11.2. The predicted octanol–water partition coefficient (Wildman–Crippen LogP) is 5.87. The van der Waals surface area contributed by atoms with E-state index in [1.165, 1.54) is 37.7 Å². The molecule has 4 saturated carbocycles. The molecule has 5 nitrogen and oxygen atoms in total. The number of hydrogen-bond acceptors (Lipinski definition) is 5. The lowest BCUT2D eigenvalue weighted by Gasteiger charge is -2.63. The average molecular weight is 488 g/mol. The first-order chi connectivity index (χ1) is 16.8. The zero-order valence-electron chi connectivity index (χ0n) is 22.6. The van der Waals surface area contributed by atoms with E-state index in [1.807, 2.05) is 6.26 Å². The molecule has 0 radical (unpaired) electrons. The lowest BCUT2D eigenvalue weighted by atomic mass is 9.43. The molecule has 1 heterocycles. The van der Waals surface area contributed by atoms with Crippen molar-refractivity contribution < 1.29 is 19.0 Å². The van der Waals surface area contributed by atoms with E-state index in [9.17, 15) is 5.11 Å². The van der Waals surface area contributed by atoms with E-state index in [-0.39, 0.29) is 5.41 Å². The zero-order valence-corrected chi connectivity index (χ0v) is 22.6. The highest BCUT2D eigenvalue weighted by molar-refractivity contribution is 5.26. The molecule has 0 amide bonds. The molecule has 0 saturated heterocycles. The molecule has 1 aromatic rings. The number of fused-ring (bicyclic) bond motifs is 5. The van der Waals surface area contributed by atoms with Crippen LogP contribution in [0.1, 0.15) is 89.5 Å². The summed E-state index contributed by atoms with van der Waals surface area (Å²) in [6, 6.07) is 2.13. The Morgan fingerprint density at radius 3 is 2.63 bits per heavy atom. The summed E-state index contributed by atoms with van der Waals surface area (Å²) in [7, 11) is 4.21. The summed E-state index contributed by atoms with van der Waals surface area (Å²) < 4.78 is 17.5. The Morgan fingerprint density at radius 2 is 1.86 bits per heavy atom. The SMILES string of the molecule is CN(C)CCCOCCO[C@H]1CC[C@@]2(C)[C@H](CC[C@@H]3[C@@H]2CC[C@]2(C)[C@@H](c4ccoc4)CC[C@]32O)C1. The van der Waals surface area contributed by atoms with Crippen LogP contribution in [-0.2, 0) is 9.47 Å². The highest BCUT2D eigenvalue weighted by Crippen LogP contribution is 2.70. The van der Waals surface area contributed by atoms with Gasteiger partial charge in [-0.1, -0.05) is 13.8 Å². The van der Waals surface area contributed by atoms with Crippen LogP contribution in [0.15, 0.2) is 23.0 Å². The highest BCUT2D eigenvalue weighted by Gasteiger charge is 2.67. The normalized spacial score (nSPS) is 43.1. The van der Waals surface area contributed by atoms with Crippen LogP contribution < -0.4 is 0 Å². The van der Waals surface area contributed by atoms with Gasteiger partial charge < -0.3 is 23.9 Å². The van der Waals surface area contributed by atoms with Crippen molar-refractivity contribution in [1.82, 2.24) is 4.90 Å². The summed E-state index contributed by atoms with van der Waals surface area (Å²) in [5.74, 6) is 2.23. The van der Waals surface area contributed by atoms with Crippen LogP contribution in [0.25, 0.3) is 0 Å². The topological polar surface area (TPSA) is 55.1 Å². The second-order valence-corrected chi connectivity index (χ2v) is 13.1. The third kappa shape index (κ3) is 4.53. The van der Waals surface area contributed by atoms with Gasteiger partial charge in [-0.25, -0.2) is 0 Å². The number of aliphatic hydroxyl groups is 1. The van der Waals surface area contributed by atoms with Crippen molar-refractivity contribution in [3.63, 3.8) is 0 Å². The molecule has 0 aliphatic heterocycles. The van der Waals surface area contributed by atoms with E-state index in [1.54, 1.807) is 6.26 Å². The standard InChI is InChI=1S/C30H49NO4/c1-28-12-8-24(35-19-18-33-16-5-15-31(3)4)20-23(28)6-7-27-26(28)9-13-29(2)25(10-14-30(27,29)32)22-11-17-34-21-22/h11,17,21,23-27,32H,5-10,12-16,18-20H2,1-4H3/t23-,24+,25-,26+,27-,28+,29-,30+/m1/s1. The van der Waals surface area contributed by atoms with Crippen LogP contribution in [0.4, 0.5) is 0 Å². The molecule has 198 valence electrons. The van der Waals surface area contributed by atoms with Gasteiger partial charge in [0.2, 0.25) is 0 Å². The monoisotopic (exact) mass is 487 g/mol. The van der Waals surface area contributed by atoms with Gasteiger partial charge in [-0.05, 0) is 126 Å². The smallest absolute Gasteiger partial charge is 0.0937 e. The van der Waals surface area contributed by atoms with Gasteiger partial charge >= 0.3 is 0 Å². The summed E-state index contributed by atoms with van der Waals surface area (Å²) in [5, 5.41) is 12.4. The fourth-order valence-corrected chi connectivity index (χ4v) is 9.20. The van der Waals surface area contributed by atoms with Crippen molar-refractivity contribution in [3.05, 3.63) is 24.2 Å². The van der Waals surface area contributed by atoms with Crippen molar-refractivity contribution in [2.75, 3.05) is 40.5 Å². The maximum absolute atomic E-state index is 12.4. The second-order valence-electron chi connectivity index (χ2n) is 13.1. The van der Waals surface area contributed by atoms with Gasteiger partial charge in [-0.2, -0.15) is 0 Å². The van der Waals surface area contributed by atoms with Gasteiger partial charge in [0, 0.05) is 12.0 Å². The lowest BCUT2D eigenvalue weighted by Crippen LogP contribution is -2.62. The van der Waals surface area contributed by atoms with Crippen LogP contribution in [-0.4, -0.2) is 62.2 Å². The molecule has 1 N–H and O–H groups in total. The molecule has 0 spiro atoms. The summed E-state index contributed by atoms with van der Waals surface area (Å²) in [4.78, 5) is 2.20. The van der Waals surface area contributed by atoms with E-state index in [2.05, 4.69) is 38.9 Å². The molecule has 8 atom stereocenters. The van der Waals surface area contributed by atoms with Crippen LogP contribution in [0.3, 0.4) is 0 Å². The number of hydrogen-bond donors (Lipinski definition) is 1. The van der Waals surface area contributed by atoms with E-state index in [0.29, 0.717) is 35.9 Å². The zero-order chi connectivity index (χ0) is 24.7. The number of ether oxygens (including phenoxy) is 2. The second kappa shape index (κ2) is 10.1. The first-order valence-corrected chi connectivity index (χ1v) is 14.4. The quantitative estimate of drug-likeness (QED) is 0.441.